The molecule has 1 saturated heterocycles. The number of carbonyl (C=O) groups excluding carboxylic acids is 1. The summed E-state index contributed by atoms with van der Waals surface area (Å²) in [6.45, 7) is 0. The number of rotatable bonds is 4. The third-order valence-corrected chi connectivity index (χ3v) is 5.25. The van der Waals surface area contributed by atoms with E-state index < -0.39 is 5.97 Å². The molecule has 0 aliphatic carbocycles. The van der Waals surface area contributed by atoms with Crippen LogP contribution in [0.4, 0.5) is 5.69 Å². The Kier molecular flexibility index (Phi) is 5.24. The van der Waals surface area contributed by atoms with Gasteiger partial charge in [-0.15, -0.1) is 0 Å². The zero-order valence-electron chi connectivity index (χ0n) is 14.8. The fraction of sp³-hybridized carbons (Fsp3) is 0. The standard InChI is InChI=1S/C21H13ClN2O4S/c22-15-6-1-2-7-16(15)23-21-24-19(25)18(29-21)11-14-8-9-17(28-14)12-4-3-5-13(10-12)20(26)27/h1-11H,(H,26,27)(H,23,24,25). The summed E-state index contributed by atoms with van der Waals surface area (Å²) in [7, 11) is 0. The van der Waals surface area contributed by atoms with Gasteiger partial charge in [0, 0.05) is 11.6 Å². The SMILES string of the molecule is O=C1NC(=Nc2ccccc2Cl)SC1=Cc1ccc(-c2cccc(C(=O)O)c2)o1. The van der Waals surface area contributed by atoms with Crippen molar-refractivity contribution < 1.29 is 19.1 Å². The van der Waals surface area contributed by atoms with E-state index >= 15 is 0 Å². The predicted molar refractivity (Wildman–Crippen MR) is 113 cm³/mol. The van der Waals surface area contributed by atoms with Gasteiger partial charge in [0.05, 0.1) is 21.2 Å². The Morgan fingerprint density at radius 2 is 1.97 bits per heavy atom. The van der Waals surface area contributed by atoms with Gasteiger partial charge < -0.3 is 14.8 Å². The third kappa shape index (κ3) is 4.26. The molecule has 2 heterocycles. The monoisotopic (exact) mass is 424 g/mol. The van der Waals surface area contributed by atoms with Gasteiger partial charge in [-0.3, -0.25) is 4.79 Å². The fourth-order valence-corrected chi connectivity index (χ4v) is 3.65. The van der Waals surface area contributed by atoms with Crippen LogP contribution in [0.25, 0.3) is 17.4 Å². The van der Waals surface area contributed by atoms with Gasteiger partial charge in [0.1, 0.15) is 11.5 Å². The number of carboxylic acids is 1. The summed E-state index contributed by atoms with van der Waals surface area (Å²) in [4.78, 5) is 28.2. The number of hydrogen-bond acceptors (Lipinski definition) is 5. The van der Waals surface area contributed by atoms with Crippen molar-refractivity contribution >= 4 is 52.2 Å². The van der Waals surface area contributed by atoms with Gasteiger partial charge in [-0.05, 0) is 48.2 Å². The molecule has 1 fully saturated rings. The quantitative estimate of drug-likeness (QED) is 0.562. The van der Waals surface area contributed by atoms with Gasteiger partial charge in [0.15, 0.2) is 5.17 Å². The molecule has 1 aliphatic rings. The molecule has 3 aromatic rings. The number of para-hydroxylation sites is 1. The van der Waals surface area contributed by atoms with E-state index in [-0.39, 0.29) is 11.5 Å². The summed E-state index contributed by atoms with van der Waals surface area (Å²) in [5.74, 6) is -0.317. The molecule has 0 radical (unpaired) electrons. The lowest BCUT2D eigenvalue weighted by molar-refractivity contribution is -0.115. The molecule has 4 rings (SSSR count). The van der Waals surface area contributed by atoms with Crippen LogP contribution in [0, 0.1) is 0 Å². The van der Waals surface area contributed by atoms with Crippen molar-refractivity contribution in [1.29, 1.82) is 0 Å². The summed E-state index contributed by atoms with van der Waals surface area (Å²) >= 11 is 7.28. The highest BCUT2D eigenvalue weighted by Crippen LogP contribution is 2.32. The number of nitrogens with one attached hydrogen (secondary N) is 1. The van der Waals surface area contributed by atoms with Crippen LogP contribution in [0.1, 0.15) is 16.1 Å². The third-order valence-electron chi connectivity index (χ3n) is 4.02. The van der Waals surface area contributed by atoms with E-state index in [0.717, 1.165) is 0 Å². The van der Waals surface area contributed by atoms with E-state index in [2.05, 4.69) is 10.3 Å². The highest BCUT2D eigenvalue weighted by atomic mass is 35.5. The van der Waals surface area contributed by atoms with Crippen molar-refractivity contribution in [2.24, 2.45) is 4.99 Å². The molecule has 0 unspecified atom stereocenters. The van der Waals surface area contributed by atoms with E-state index in [4.69, 9.17) is 21.1 Å². The number of amides is 1. The Morgan fingerprint density at radius 1 is 1.14 bits per heavy atom. The highest BCUT2D eigenvalue weighted by molar-refractivity contribution is 8.18. The number of aromatic carboxylic acids is 1. The zero-order valence-corrected chi connectivity index (χ0v) is 16.3. The van der Waals surface area contributed by atoms with Crippen LogP contribution in [-0.4, -0.2) is 22.2 Å². The first-order valence-electron chi connectivity index (χ1n) is 8.47. The maximum Gasteiger partial charge on any atom is 0.335 e. The normalized spacial score (nSPS) is 16.4. The van der Waals surface area contributed by atoms with E-state index in [1.807, 2.05) is 6.07 Å². The van der Waals surface area contributed by atoms with Crippen molar-refractivity contribution in [3.8, 4) is 11.3 Å². The molecule has 1 aromatic heterocycles. The van der Waals surface area contributed by atoms with Crippen LogP contribution in [-0.2, 0) is 4.79 Å². The Bertz CT molecular complexity index is 1180. The number of carboxylic acid groups (broad SMARTS) is 1. The topological polar surface area (TPSA) is 91.9 Å². The fourth-order valence-electron chi connectivity index (χ4n) is 2.65. The minimum atomic E-state index is -1.01. The average Bonchev–Trinajstić information content (AvgIpc) is 3.31. The largest absolute Gasteiger partial charge is 0.478 e. The highest BCUT2D eigenvalue weighted by Gasteiger charge is 2.24. The lowest BCUT2D eigenvalue weighted by Crippen LogP contribution is -2.19. The molecule has 0 atom stereocenters. The number of benzene rings is 2. The first kappa shape index (κ1) is 19.0. The molecule has 2 aromatic carbocycles. The van der Waals surface area contributed by atoms with E-state index in [1.165, 1.54) is 23.9 Å². The molecule has 0 bridgehead atoms. The van der Waals surface area contributed by atoms with Gasteiger partial charge in [-0.2, -0.15) is 0 Å². The first-order valence-corrected chi connectivity index (χ1v) is 9.67. The predicted octanol–water partition coefficient (Wildman–Crippen LogP) is 5.19. The van der Waals surface area contributed by atoms with Crippen LogP contribution in [0.2, 0.25) is 5.02 Å². The number of halogens is 1. The van der Waals surface area contributed by atoms with Crippen LogP contribution in [0.5, 0.6) is 0 Å². The van der Waals surface area contributed by atoms with Crippen molar-refractivity contribution in [2.45, 2.75) is 0 Å². The lowest BCUT2D eigenvalue weighted by Gasteiger charge is -1.99. The molecule has 1 aliphatic heterocycles. The molecule has 2 N–H and O–H groups in total. The maximum absolute atomic E-state index is 12.2. The van der Waals surface area contributed by atoms with Gasteiger partial charge >= 0.3 is 5.97 Å². The van der Waals surface area contributed by atoms with Gasteiger partial charge in [0.25, 0.3) is 5.91 Å². The van der Waals surface area contributed by atoms with Crippen LogP contribution < -0.4 is 5.32 Å². The Morgan fingerprint density at radius 3 is 2.76 bits per heavy atom. The van der Waals surface area contributed by atoms with Crippen molar-refractivity contribution in [3.63, 3.8) is 0 Å². The molecule has 6 nitrogen and oxygen atoms in total. The van der Waals surface area contributed by atoms with Crippen LogP contribution in [0.15, 0.2) is 75.0 Å². The summed E-state index contributed by atoms with van der Waals surface area (Å²) in [6.07, 6.45) is 1.61. The van der Waals surface area contributed by atoms with Crippen molar-refractivity contribution in [1.82, 2.24) is 5.32 Å². The molecule has 1 amide bonds. The van der Waals surface area contributed by atoms with Gasteiger partial charge in [0.2, 0.25) is 0 Å². The Labute approximate surface area is 174 Å². The number of aliphatic imine (C=N–C) groups is 1. The van der Waals surface area contributed by atoms with E-state index in [0.29, 0.717) is 37.9 Å². The summed E-state index contributed by atoms with van der Waals surface area (Å²) < 4.78 is 5.76. The first-order chi connectivity index (χ1) is 14.0. The lowest BCUT2D eigenvalue weighted by atomic mass is 10.1. The second-order valence-electron chi connectivity index (χ2n) is 6.02. The number of hydrogen-bond donors (Lipinski definition) is 2. The number of furan rings is 1. The van der Waals surface area contributed by atoms with Gasteiger partial charge in [-0.25, -0.2) is 9.79 Å². The van der Waals surface area contributed by atoms with Gasteiger partial charge in [-0.1, -0.05) is 35.9 Å². The van der Waals surface area contributed by atoms with Crippen molar-refractivity contribution in [2.75, 3.05) is 0 Å². The smallest absolute Gasteiger partial charge is 0.335 e. The summed E-state index contributed by atoms with van der Waals surface area (Å²) in [5.41, 5.74) is 1.38. The Balaban J connectivity index is 1.56. The second kappa shape index (κ2) is 7.98. The molecule has 0 saturated carbocycles. The maximum atomic E-state index is 12.2. The molecule has 144 valence electrons. The average molecular weight is 425 g/mol. The van der Waals surface area contributed by atoms with E-state index in [1.54, 1.807) is 48.5 Å². The summed E-state index contributed by atoms with van der Waals surface area (Å²) in [5, 5.41) is 12.7. The number of nitrogens with zero attached hydrogens (tertiary/aromatic N) is 1. The zero-order chi connectivity index (χ0) is 20.4. The minimum Gasteiger partial charge on any atom is -0.478 e. The Hall–Kier alpha value is -3.29. The molecular weight excluding hydrogens is 412 g/mol. The number of thioether (sulfide) groups is 1. The number of carbonyl (C=O) groups is 2. The molecular formula is C21H13ClN2O4S. The van der Waals surface area contributed by atoms with Crippen LogP contribution >= 0.6 is 23.4 Å². The van der Waals surface area contributed by atoms with Crippen molar-refractivity contribution in [3.05, 3.63) is 81.9 Å². The molecule has 29 heavy (non-hydrogen) atoms. The minimum absolute atomic E-state index is 0.171. The second-order valence-corrected chi connectivity index (χ2v) is 7.46. The molecule has 0 spiro atoms. The summed E-state index contributed by atoms with van der Waals surface area (Å²) in [6, 6.07) is 17.0. The van der Waals surface area contributed by atoms with Crippen LogP contribution in [0.3, 0.4) is 0 Å². The van der Waals surface area contributed by atoms with E-state index in [9.17, 15) is 9.59 Å². The number of amidine groups is 1. The molecule has 8 heteroatoms.